The number of para-hydroxylation sites is 1. The maximum Gasteiger partial charge on any atom is 0.239 e. The van der Waals surface area contributed by atoms with Crippen molar-refractivity contribution in [2.75, 3.05) is 6.54 Å². The number of carbonyl (C=O) groups excluding carboxylic acids is 2. The number of carbonyl (C=O) groups is 2. The highest BCUT2D eigenvalue weighted by Gasteiger charge is 2.08. The Bertz CT molecular complexity index is 837. The van der Waals surface area contributed by atoms with Crippen LogP contribution in [0.5, 0.6) is 0 Å². The van der Waals surface area contributed by atoms with Crippen LogP contribution < -0.4 is 10.6 Å². The van der Waals surface area contributed by atoms with Crippen LogP contribution in [0.1, 0.15) is 24.2 Å². The van der Waals surface area contributed by atoms with Gasteiger partial charge in [0.2, 0.25) is 11.8 Å². The predicted octanol–water partition coefficient (Wildman–Crippen LogP) is 2.52. The smallest absolute Gasteiger partial charge is 0.239 e. The highest BCUT2D eigenvalue weighted by Crippen LogP contribution is 2.19. The number of fused-ring (bicyclic) bond motifs is 1. The summed E-state index contributed by atoms with van der Waals surface area (Å²) in [5.74, 6) is 0.327. The molecule has 3 aromatic rings. The number of hydrogen-bond acceptors (Lipinski definition) is 3. The van der Waals surface area contributed by atoms with Crippen LogP contribution in [0.4, 0.5) is 0 Å². The molecule has 0 saturated carbocycles. The Labute approximate surface area is 145 Å². The van der Waals surface area contributed by atoms with E-state index in [2.05, 4.69) is 21.7 Å². The summed E-state index contributed by atoms with van der Waals surface area (Å²) in [5.41, 5.74) is 2.31. The Hall–Kier alpha value is -3.02. The number of H-pyrrole nitrogens is 1. The molecule has 1 aromatic carbocycles. The van der Waals surface area contributed by atoms with Gasteiger partial charge in [0, 0.05) is 23.5 Å². The second kappa shape index (κ2) is 8.19. The second-order valence-corrected chi connectivity index (χ2v) is 5.85. The van der Waals surface area contributed by atoms with Crippen molar-refractivity contribution in [2.24, 2.45) is 0 Å². The van der Waals surface area contributed by atoms with E-state index in [0.29, 0.717) is 18.7 Å². The minimum Gasteiger partial charge on any atom is -0.467 e. The van der Waals surface area contributed by atoms with E-state index < -0.39 is 0 Å². The largest absolute Gasteiger partial charge is 0.467 e. The van der Waals surface area contributed by atoms with Gasteiger partial charge in [-0.05, 0) is 36.6 Å². The molecule has 0 saturated heterocycles. The summed E-state index contributed by atoms with van der Waals surface area (Å²) < 4.78 is 5.12. The maximum absolute atomic E-state index is 11.9. The molecule has 2 aromatic heterocycles. The summed E-state index contributed by atoms with van der Waals surface area (Å²) >= 11 is 0. The lowest BCUT2D eigenvalue weighted by atomic mass is 10.1. The highest BCUT2D eigenvalue weighted by molar-refractivity contribution is 5.85. The molecule has 0 aliphatic rings. The van der Waals surface area contributed by atoms with Crippen molar-refractivity contribution in [1.82, 2.24) is 15.6 Å². The Morgan fingerprint density at radius 3 is 2.76 bits per heavy atom. The fourth-order valence-electron chi connectivity index (χ4n) is 2.71. The van der Waals surface area contributed by atoms with Gasteiger partial charge in [0.25, 0.3) is 0 Å². The van der Waals surface area contributed by atoms with Gasteiger partial charge in [0.05, 0.1) is 19.4 Å². The average molecular weight is 339 g/mol. The van der Waals surface area contributed by atoms with Gasteiger partial charge in [0.1, 0.15) is 5.76 Å². The van der Waals surface area contributed by atoms with Gasteiger partial charge in [-0.2, -0.15) is 0 Å². The average Bonchev–Trinajstić information content (AvgIpc) is 3.28. The molecular weight excluding hydrogens is 318 g/mol. The molecule has 0 bridgehead atoms. The van der Waals surface area contributed by atoms with Crippen molar-refractivity contribution in [2.45, 2.75) is 25.8 Å². The Morgan fingerprint density at radius 1 is 1.04 bits per heavy atom. The number of rotatable bonds is 8. The lowest BCUT2D eigenvalue weighted by Crippen LogP contribution is -2.36. The summed E-state index contributed by atoms with van der Waals surface area (Å²) in [7, 11) is 0. The van der Waals surface area contributed by atoms with Gasteiger partial charge in [-0.25, -0.2) is 0 Å². The van der Waals surface area contributed by atoms with E-state index in [4.69, 9.17) is 4.42 Å². The number of amides is 2. The fraction of sp³-hybridized carbons (Fsp3) is 0.263. The highest BCUT2D eigenvalue weighted by atomic mass is 16.3. The molecule has 0 unspecified atom stereocenters. The number of furan rings is 1. The van der Waals surface area contributed by atoms with E-state index in [1.165, 1.54) is 10.9 Å². The molecule has 2 amide bonds. The van der Waals surface area contributed by atoms with Crippen molar-refractivity contribution in [3.05, 3.63) is 60.2 Å². The summed E-state index contributed by atoms with van der Waals surface area (Å²) in [5, 5.41) is 6.52. The molecule has 0 atom stereocenters. The minimum atomic E-state index is -0.235. The number of aromatic nitrogens is 1. The SMILES string of the molecule is O=C(CCCc1c[nH]c2ccccc12)NCC(=O)NCc1ccco1. The Kier molecular flexibility index (Phi) is 5.51. The summed E-state index contributed by atoms with van der Waals surface area (Å²) in [6, 6.07) is 11.7. The molecule has 6 heteroatoms. The number of aryl methyl sites for hydroxylation is 1. The molecule has 3 rings (SSSR count). The lowest BCUT2D eigenvalue weighted by Gasteiger charge is -2.06. The second-order valence-electron chi connectivity index (χ2n) is 5.85. The van der Waals surface area contributed by atoms with Crippen LogP contribution >= 0.6 is 0 Å². The van der Waals surface area contributed by atoms with E-state index in [9.17, 15) is 9.59 Å². The van der Waals surface area contributed by atoms with Gasteiger partial charge < -0.3 is 20.0 Å². The van der Waals surface area contributed by atoms with Crippen molar-refractivity contribution in [1.29, 1.82) is 0 Å². The minimum absolute atomic E-state index is 0.0212. The number of aromatic amines is 1. The summed E-state index contributed by atoms with van der Waals surface area (Å²) in [6.45, 7) is 0.300. The molecule has 3 N–H and O–H groups in total. The maximum atomic E-state index is 11.9. The lowest BCUT2D eigenvalue weighted by molar-refractivity contribution is -0.126. The first-order chi connectivity index (χ1) is 12.2. The number of hydrogen-bond donors (Lipinski definition) is 3. The van der Waals surface area contributed by atoms with Crippen molar-refractivity contribution >= 4 is 22.7 Å². The molecule has 0 aliphatic heterocycles. The van der Waals surface area contributed by atoms with Gasteiger partial charge in [0.15, 0.2) is 0 Å². The summed E-state index contributed by atoms with van der Waals surface area (Å²) in [4.78, 5) is 26.8. The normalized spacial score (nSPS) is 10.7. The molecular formula is C19H21N3O3. The number of nitrogens with one attached hydrogen (secondary N) is 3. The van der Waals surface area contributed by atoms with Gasteiger partial charge in [-0.1, -0.05) is 18.2 Å². The van der Waals surface area contributed by atoms with Crippen molar-refractivity contribution < 1.29 is 14.0 Å². The van der Waals surface area contributed by atoms with Crippen LogP contribution in [-0.4, -0.2) is 23.3 Å². The molecule has 0 fully saturated rings. The van der Waals surface area contributed by atoms with E-state index >= 15 is 0 Å². The standard InChI is InChI=1S/C19H21N3O3/c23-18(22-13-19(24)21-12-15-6-4-10-25-15)9-3-5-14-11-20-17-8-2-1-7-16(14)17/h1-2,4,6-8,10-11,20H,3,5,9,12-13H2,(H,21,24)(H,22,23). The predicted molar refractivity (Wildman–Crippen MR) is 94.8 cm³/mol. The monoisotopic (exact) mass is 339 g/mol. The molecule has 130 valence electrons. The quantitative estimate of drug-likeness (QED) is 0.589. The van der Waals surface area contributed by atoms with E-state index in [1.807, 2.05) is 24.4 Å². The third-order valence-electron chi connectivity index (χ3n) is 4.01. The molecule has 0 aliphatic carbocycles. The van der Waals surface area contributed by atoms with Gasteiger partial charge >= 0.3 is 0 Å². The number of benzene rings is 1. The summed E-state index contributed by atoms with van der Waals surface area (Å²) in [6.07, 6.45) is 5.50. The first kappa shape index (κ1) is 16.8. The van der Waals surface area contributed by atoms with Gasteiger partial charge in [-0.3, -0.25) is 9.59 Å². The van der Waals surface area contributed by atoms with Crippen molar-refractivity contribution in [3.8, 4) is 0 Å². The Morgan fingerprint density at radius 2 is 1.92 bits per heavy atom. The first-order valence-electron chi connectivity index (χ1n) is 8.33. The zero-order valence-corrected chi connectivity index (χ0v) is 13.9. The van der Waals surface area contributed by atoms with E-state index in [0.717, 1.165) is 18.4 Å². The zero-order chi connectivity index (χ0) is 17.5. The first-order valence-corrected chi connectivity index (χ1v) is 8.33. The molecule has 0 spiro atoms. The van der Waals surface area contributed by atoms with Crippen LogP contribution in [0, 0.1) is 0 Å². The fourth-order valence-corrected chi connectivity index (χ4v) is 2.71. The van der Waals surface area contributed by atoms with Crippen molar-refractivity contribution in [3.63, 3.8) is 0 Å². The topological polar surface area (TPSA) is 87.1 Å². The molecule has 2 heterocycles. The Balaban J connectivity index is 1.34. The zero-order valence-electron chi connectivity index (χ0n) is 13.9. The van der Waals surface area contributed by atoms with Crippen LogP contribution in [0.2, 0.25) is 0 Å². The van der Waals surface area contributed by atoms with Crippen LogP contribution in [0.3, 0.4) is 0 Å². The van der Waals surface area contributed by atoms with Gasteiger partial charge in [-0.15, -0.1) is 0 Å². The van der Waals surface area contributed by atoms with E-state index in [1.54, 1.807) is 18.4 Å². The third kappa shape index (κ3) is 4.73. The molecule has 0 radical (unpaired) electrons. The van der Waals surface area contributed by atoms with Crippen LogP contribution in [0.25, 0.3) is 10.9 Å². The van der Waals surface area contributed by atoms with E-state index in [-0.39, 0.29) is 18.4 Å². The van der Waals surface area contributed by atoms with Crippen LogP contribution in [0.15, 0.2) is 53.3 Å². The third-order valence-corrected chi connectivity index (χ3v) is 4.01. The van der Waals surface area contributed by atoms with Crippen LogP contribution in [-0.2, 0) is 22.6 Å². The molecule has 6 nitrogen and oxygen atoms in total. The molecule has 25 heavy (non-hydrogen) atoms.